The summed E-state index contributed by atoms with van der Waals surface area (Å²) in [7, 11) is 0. The summed E-state index contributed by atoms with van der Waals surface area (Å²) in [6.45, 7) is 0. The average Bonchev–Trinajstić information content (AvgIpc) is 3.42. The molecule has 1 unspecified atom stereocenters. The van der Waals surface area contributed by atoms with Crippen molar-refractivity contribution in [1.82, 2.24) is 4.98 Å². The van der Waals surface area contributed by atoms with Gasteiger partial charge in [-0.25, -0.2) is 9.78 Å². The van der Waals surface area contributed by atoms with Crippen molar-refractivity contribution in [2.75, 3.05) is 16.0 Å². The minimum absolute atomic E-state index is 0.173. The predicted octanol–water partition coefficient (Wildman–Crippen LogP) is 8.58. The first-order valence-electron chi connectivity index (χ1n) is 12.0. The van der Waals surface area contributed by atoms with Gasteiger partial charge in [0.1, 0.15) is 5.25 Å². The number of thiazole rings is 1. The third-order valence-electron chi connectivity index (χ3n) is 5.61. The molecule has 5 rings (SSSR count). The zero-order valence-corrected chi connectivity index (χ0v) is 22.9. The highest BCUT2D eigenvalue weighted by atomic mass is 35.5. The number of halogens is 1. The Balaban J connectivity index is 1.26. The Morgan fingerprint density at radius 1 is 0.744 bits per heavy atom. The van der Waals surface area contributed by atoms with Gasteiger partial charge in [0.25, 0.3) is 0 Å². The van der Waals surface area contributed by atoms with Crippen molar-refractivity contribution in [3.63, 3.8) is 0 Å². The molecule has 39 heavy (non-hydrogen) atoms. The number of carbonyl (C=O) groups excluding carboxylic acids is 2. The molecule has 1 aromatic heterocycles. The second kappa shape index (κ2) is 12.6. The number of carbonyl (C=O) groups is 2. The Labute approximate surface area is 239 Å². The Morgan fingerprint density at radius 3 is 2.03 bits per heavy atom. The van der Waals surface area contributed by atoms with Crippen LogP contribution in [0.15, 0.2) is 119 Å². The average molecular weight is 571 g/mol. The van der Waals surface area contributed by atoms with Gasteiger partial charge in [-0.05, 0) is 54.1 Å². The first kappa shape index (κ1) is 26.5. The second-order valence-corrected chi connectivity index (χ2v) is 10.9. The minimum atomic E-state index is -0.505. The molecule has 194 valence electrons. The van der Waals surface area contributed by atoms with Crippen LogP contribution in [0.1, 0.15) is 10.8 Å². The van der Waals surface area contributed by atoms with Gasteiger partial charge in [-0.15, -0.1) is 23.1 Å². The van der Waals surface area contributed by atoms with Crippen LogP contribution < -0.4 is 16.0 Å². The molecule has 6 nitrogen and oxygen atoms in total. The number of thioether (sulfide) groups is 1. The Morgan fingerprint density at radius 2 is 1.36 bits per heavy atom. The van der Waals surface area contributed by atoms with Gasteiger partial charge in [0, 0.05) is 32.2 Å². The molecular formula is C30H23ClN4O2S2. The lowest BCUT2D eigenvalue weighted by Crippen LogP contribution is -2.19. The van der Waals surface area contributed by atoms with Crippen molar-refractivity contribution in [2.45, 2.75) is 10.1 Å². The van der Waals surface area contributed by atoms with E-state index in [0.29, 0.717) is 21.5 Å². The number of benzene rings is 4. The monoisotopic (exact) mass is 570 g/mol. The number of aromatic nitrogens is 1. The standard InChI is InChI=1S/C30H23ClN4O2S2/c31-22-13-11-20(12-14-22)26-19-38-30(34-26)35-28(36)27(21-7-3-1-4-8-21)39-25-17-15-24(16-18-25)33-29(37)32-23-9-5-2-6-10-23/h1-19,27H,(H2,32,33,37)(H,34,35,36). The summed E-state index contributed by atoms with van der Waals surface area (Å²) in [5.41, 5.74) is 3.93. The van der Waals surface area contributed by atoms with Crippen molar-refractivity contribution in [3.8, 4) is 11.3 Å². The number of nitrogens with zero attached hydrogens (tertiary/aromatic N) is 1. The Hall–Kier alpha value is -4.11. The molecule has 0 bridgehead atoms. The summed E-state index contributed by atoms with van der Waals surface area (Å²) < 4.78 is 0. The number of rotatable bonds is 8. The van der Waals surface area contributed by atoms with E-state index in [4.69, 9.17) is 11.6 Å². The zero-order valence-electron chi connectivity index (χ0n) is 20.5. The summed E-state index contributed by atoms with van der Waals surface area (Å²) in [6.07, 6.45) is 0. The topological polar surface area (TPSA) is 83.1 Å². The van der Waals surface area contributed by atoms with E-state index in [1.54, 1.807) is 0 Å². The Bertz CT molecular complexity index is 1540. The van der Waals surface area contributed by atoms with Crippen LogP contribution in [0, 0.1) is 0 Å². The van der Waals surface area contributed by atoms with Gasteiger partial charge in [0.15, 0.2) is 5.13 Å². The highest BCUT2D eigenvalue weighted by Crippen LogP contribution is 2.37. The molecule has 3 N–H and O–H groups in total. The lowest BCUT2D eigenvalue weighted by atomic mass is 10.1. The summed E-state index contributed by atoms with van der Waals surface area (Å²) in [4.78, 5) is 31.2. The van der Waals surface area contributed by atoms with E-state index < -0.39 is 5.25 Å². The predicted molar refractivity (Wildman–Crippen MR) is 162 cm³/mol. The maximum Gasteiger partial charge on any atom is 0.323 e. The van der Waals surface area contributed by atoms with E-state index >= 15 is 0 Å². The normalized spacial score (nSPS) is 11.4. The lowest BCUT2D eigenvalue weighted by molar-refractivity contribution is -0.115. The van der Waals surface area contributed by atoms with Crippen LogP contribution in [0.25, 0.3) is 11.3 Å². The van der Waals surface area contributed by atoms with Crippen molar-refractivity contribution in [3.05, 3.63) is 125 Å². The molecule has 1 heterocycles. The highest BCUT2D eigenvalue weighted by molar-refractivity contribution is 8.00. The molecule has 0 aliphatic heterocycles. The van der Waals surface area contributed by atoms with Crippen molar-refractivity contribution < 1.29 is 9.59 Å². The van der Waals surface area contributed by atoms with Gasteiger partial charge in [-0.2, -0.15) is 0 Å². The SMILES string of the molecule is O=C(Nc1ccccc1)Nc1ccc(SC(C(=O)Nc2nc(-c3ccc(Cl)cc3)cs2)c2ccccc2)cc1. The number of amides is 3. The van der Waals surface area contributed by atoms with Crippen LogP contribution in [0.5, 0.6) is 0 Å². The number of para-hydroxylation sites is 1. The smallest absolute Gasteiger partial charge is 0.308 e. The molecule has 9 heteroatoms. The molecule has 0 saturated heterocycles. The first-order chi connectivity index (χ1) is 19.0. The van der Waals surface area contributed by atoms with Gasteiger partial charge in [0.2, 0.25) is 5.91 Å². The molecule has 0 aliphatic rings. The summed E-state index contributed by atoms with van der Waals surface area (Å²) >= 11 is 8.79. The molecule has 0 radical (unpaired) electrons. The van der Waals surface area contributed by atoms with Crippen LogP contribution in [0.2, 0.25) is 5.02 Å². The number of hydrogen-bond donors (Lipinski definition) is 3. The maximum absolute atomic E-state index is 13.4. The zero-order chi connectivity index (χ0) is 27.0. The molecule has 0 saturated carbocycles. The molecule has 0 fully saturated rings. The van der Waals surface area contributed by atoms with Crippen LogP contribution in [-0.4, -0.2) is 16.9 Å². The largest absolute Gasteiger partial charge is 0.323 e. The van der Waals surface area contributed by atoms with Crippen molar-refractivity contribution >= 4 is 63.1 Å². The second-order valence-electron chi connectivity index (χ2n) is 8.41. The van der Waals surface area contributed by atoms with Crippen molar-refractivity contribution in [2.24, 2.45) is 0 Å². The summed E-state index contributed by atoms with van der Waals surface area (Å²) in [5.74, 6) is -0.173. The van der Waals surface area contributed by atoms with E-state index in [0.717, 1.165) is 21.7 Å². The fourth-order valence-corrected chi connectivity index (χ4v) is 5.60. The van der Waals surface area contributed by atoms with Crippen molar-refractivity contribution in [1.29, 1.82) is 0 Å². The van der Waals surface area contributed by atoms with Crippen LogP contribution in [-0.2, 0) is 4.79 Å². The van der Waals surface area contributed by atoms with E-state index in [2.05, 4.69) is 20.9 Å². The van der Waals surface area contributed by atoms with Gasteiger partial charge >= 0.3 is 6.03 Å². The molecule has 1 atom stereocenters. The molecule has 5 aromatic rings. The van der Waals surface area contributed by atoms with Gasteiger partial charge in [-0.3, -0.25) is 4.79 Å². The lowest BCUT2D eigenvalue weighted by Gasteiger charge is -2.16. The van der Waals surface area contributed by atoms with Gasteiger partial charge in [0.05, 0.1) is 5.69 Å². The van der Waals surface area contributed by atoms with Gasteiger partial charge in [-0.1, -0.05) is 72.3 Å². The molecule has 0 aliphatic carbocycles. The van der Waals surface area contributed by atoms with E-state index in [9.17, 15) is 9.59 Å². The van der Waals surface area contributed by atoms with E-state index in [-0.39, 0.29) is 11.9 Å². The number of hydrogen-bond acceptors (Lipinski definition) is 5. The number of nitrogens with one attached hydrogen (secondary N) is 3. The quantitative estimate of drug-likeness (QED) is 0.163. The third kappa shape index (κ3) is 7.26. The fraction of sp³-hybridized carbons (Fsp3) is 0.0333. The summed E-state index contributed by atoms with van der Waals surface area (Å²) in [5, 5.41) is 11.2. The highest BCUT2D eigenvalue weighted by Gasteiger charge is 2.23. The van der Waals surface area contributed by atoms with Crippen LogP contribution in [0.3, 0.4) is 0 Å². The maximum atomic E-state index is 13.4. The molecule has 0 spiro atoms. The number of anilines is 3. The third-order valence-corrected chi connectivity index (χ3v) is 7.89. The molecule has 3 amide bonds. The van der Waals surface area contributed by atoms with Crippen LogP contribution in [0.4, 0.5) is 21.3 Å². The van der Waals surface area contributed by atoms with Gasteiger partial charge < -0.3 is 16.0 Å². The molecular weight excluding hydrogens is 548 g/mol. The minimum Gasteiger partial charge on any atom is -0.308 e. The van der Waals surface area contributed by atoms with E-state index in [1.165, 1.54) is 23.1 Å². The summed E-state index contributed by atoms with van der Waals surface area (Å²) in [6, 6.07) is 33.3. The Kier molecular flexibility index (Phi) is 8.58. The molecule has 4 aromatic carbocycles. The fourth-order valence-electron chi connectivity index (χ4n) is 3.72. The van der Waals surface area contributed by atoms with Crippen LogP contribution >= 0.6 is 34.7 Å². The first-order valence-corrected chi connectivity index (χ1v) is 14.1. The van der Waals surface area contributed by atoms with E-state index in [1.807, 2.05) is 115 Å². The number of urea groups is 1.